The second kappa shape index (κ2) is 4.09. The summed E-state index contributed by atoms with van der Waals surface area (Å²) >= 11 is 0. The van der Waals surface area contributed by atoms with Crippen molar-refractivity contribution in [3.63, 3.8) is 0 Å². The van der Waals surface area contributed by atoms with Crippen molar-refractivity contribution in [2.45, 2.75) is 19.8 Å². The van der Waals surface area contributed by atoms with Crippen molar-refractivity contribution < 1.29 is 0 Å². The molecule has 1 heterocycles. The molecule has 0 unspecified atom stereocenters. The van der Waals surface area contributed by atoms with Crippen LogP contribution < -0.4 is 5.32 Å². The van der Waals surface area contributed by atoms with Gasteiger partial charge in [-0.05, 0) is 37.5 Å². The Morgan fingerprint density at radius 2 is 2.00 bits per heavy atom. The van der Waals surface area contributed by atoms with Gasteiger partial charge in [0.25, 0.3) is 0 Å². The highest BCUT2D eigenvalue weighted by Gasteiger charge is 2.04. The lowest BCUT2D eigenvalue weighted by Gasteiger charge is -2.13. The summed E-state index contributed by atoms with van der Waals surface area (Å²) in [5, 5.41) is 3.31. The van der Waals surface area contributed by atoms with Crippen LogP contribution in [0.1, 0.15) is 19.8 Å². The third-order valence-electron chi connectivity index (χ3n) is 2.31. The zero-order valence-electron chi connectivity index (χ0n) is 8.33. The molecule has 0 aliphatic carbocycles. The van der Waals surface area contributed by atoms with Crippen molar-refractivity contribution in [2.75, 3.05) is 5.32 Å². The van der Waals surface area contributed by atoms with Crippen LogP contribution >= 0.6 is 0 Å². The molecule has 0 amide bonds. The summed E-state index contributed by atoms with van der Waals surface area (Å²) in [4.78, 5) is 4.35. The molecule has 2 nitrogen and oxygen atoms in total. The Kier molecular flexibility index (Phi) is 2.63. The lowest BCUT2D eigenvalue weighted by atomic mass is 10.1. The number of hydrogen-bond acceptors (Lipinski definition) is 2. The highest BCUT2D eigenvalue weighted by atomic mass is 15.0. The minimum Gasteiger partial charge on any atom is -0.340 e. The number of anilines is 1. The SMILES string of the molecule is CC1=C(Nc2ccccc2)N=CCC1. The van der Waals surface area contributed by atoms with Gasteiger partial charge in [0.1, 0.15) is 5.82 Å². The highest BCUT2D eigenvalue weighted by Crippen LogP contribution is 2.18. The number of allylic oxidation sites excluding steroid dienone is 1. The van der Waals surface area contributed by atoms with E-state index in [1.54, 1.807) is 0 Å². The lowest BCUT2D eigenvalue weighted by Crippen LogP contribution is -2.04. The summed E-state index contributed by atoms with van der Waals surface area (Å²) in [5.41, 5.74) is 2.43. The van der Waals surface area contributed by atoms with E-state index in [-0.39, 0.29) is 0 Å². The topological polar surface area (TPSA) is 24.4 Å². The largest absolute Gasteiger partial charge is 0.340 e. The Balaban J connectivity index is 2.15. The van der Waals surface area contributed by atoms with Crippen LogP contribution in [0.2, 0.25) is 0 Å². The average Bonchev–Trinajstić information content (AvgIpc) is 2.23. The van der Waals surface area contributed by atoms with Crippen LogP contribution in [0.4, 0.5) is 5.69 Å². The molecule has 0 radical (unpaired) electrons. The van der Waals surface area contributed by atoms with Gasteiger partial charge in [0.15, 0.2) is 0 Å². The van der Waals surface area contributed by atoms with Crippen molar-refractivity contribution in [1.82, 2.24) is 0 Å². The van der Waals surface area contributed by atoms with Gasteiger partial charge in [-0.1, -0.05) is 18.2 Å². The molecule has 0 saturated carbocycles. The summed E-state index contributed by atoms with van der Waals surface area (Å²) in [6.45, 7) is 2.13. The molecule has 0 atom stereocenters. The van der Waals surface area contributed by atoms with Crippen molar-refractivity contribution in [3.8, 4) is 0 Å². The molecule has 0 saturated heterocycles. The standard InChI is InChI=1S/C12H14N2/c1-10-6-5-9-13-12(10)14-11-7-3-2-4-8-11/h2-4,7-9,14H,5-6H2,1H3. The fourth-order valence-electron chi connectivity index (χ4n) is 1.46. The van der Waals surface area contributed by atoms with Crippen molar-refractivity contribution in [2.24, 2.45) is 4.99 Å². The molecule has 0 aromatic heterocycles. The minimum atomic E-state index is 1.00. The maximum Gasteiger partial charge on any atom is 0.128 e. The summed E-state index contributed by atoms with van der Waals surface area (Å²) in [6.07, 6.45) is 4.14. The molecule has 1 aromatic carbocycles. The second-order valence-corrected chi connectivity index (χ2v) is 3.47. The van der Waals surface area contributed by atoms with Gasteiger partial charge in [0.05, 0.1) is 0 Å². The van der Waals surface area contributed by atoms with Crippen LogP contribution in [0.5, 0.6) is 0 Å². The first-order chi connectivity index (χ1) is 6.86. The minimum absolute atomic E-state index is 1.00. The van der Waals surface area contributed by atoms with Crippen LogP contribution in [-0.2, 0) is 0 Å². The summed E-state index contributed by atoms with van der Waals surface area (Å²) < 4.78 is 0. The van der Waals surface area contributed by atoms with Crippen LogP contribution in [0, 0.1) is 0 Å². The van der Waals surface area contributed by atoms with E-state index < -0.39 is 0 Å². The molecule has 1 aliphatic heterocycles. The van der Waals surface area contributed by atoms with Crippen molar-refractivity contribution >= 4 is 11.9 Å². The van der Waals surface area contributed by atoms with E-state index in [2.05, 4.69) is 17.2 Å². The molecule has 1 aromatic rings. The Bertz CT molecular complexity index is 363. The van der Waals surface area contributed by atoms with E-state index >= 15 is 0 Å². The van der Waals surface area contributed by atoms with Gasteiger partial charge in [0.2, 0.25) is 0 Å². The van der Waals surface area contributed by atoms with E-state index in [1.807, 2.05) is 36.5 Å². The van der Waals surface area contributed by atoms with Gasteiger partial charge in [-0.3, -0.25) is 0 Å². The number of nitrogens with one attached hydrogen (secondary N) is 1. The van der Waals surface area contributed by atoms with E-state index in [4.69, 9.17) is 0 Å². The number of hydrogen-bond donors (Lipinski definition) is 1. The average molecular weight is 186 g/mol. The fraction of sp³-hybridized carbons (Fsp3) is 0.250. The second-order valence-electron chi connectivity index (χ2n) is 3.47. The molecule has 14 heavy (non-hydrogen) atoms. The number of aliphatic imine (C=N–C) groups is 1. The van der Waals surface area contributed by atoms with Gasteiger partial charge in [-0.2, -0.15) is 0 Å². The van der Waals surface area contributed by atoms with Crippen LogP contribution in [0.3, 0.4) is 0 Å². The van der Waals surface area contributed by atoms with Gasteiger partial charge in [0, 0.05) is 11.9 Å². The molecule has 0 fully saturated rings. The summed E-state index contributed by atoms with van der Waals surface area (Å²) in [7, 11) is 0. The summed E-state index contributed by atoms with van der Waals surface area (Å²) in [6, 6.07) is 10.1. The molecule has 2 rings (SSSR count). The molecular weight excluding hydrogens is 172 g/mol. The van der Waals surface area contributed by atoms with Crippen LogP contribution in [0.25, 0.3) is 0 Å². The summed E-state index contributed by atoms with van der Waals surface area (Å²) in [5.74, 6) is 1.00. The number of rotatable bonds is 2. The van der Waals surface area contributed by atoms with E-state index in [9.17, 15) is 0 Å². The van der Waals surface area contributed by atoms with E-state index in [0.29, 0.717) is 0 Å². The predicted molar refractivity (Wildman–Crippen MR) is 60.5 cm³/mol. The Morgan fingerprint density at radius 1 is 1.21 bits per heavy atom. The molecule has 1 aliphatic rings. The third kappa shape index (κ3) is 2.02. The maximum absolute atomic E-state index is 4.35. The quantitative estimate of drug-likeness (QED) is 0.753. The fourth-order valence-corrected chi connectivity index (χ4v) is 1.46. The smallest absolute Gasteiger partial charge is 0.128 e. The number of nitrogens with zero attached hydrogens (tertiary/aromatic N) is 1. The monoisotopic (exact) mass is 186 g/mol. The van der Waals surface area contributed by atoms with Gasteiger partial charge < -0.3 is 5.32 Å². The normalized spacial score (nSPS) is 15.8. The Morgan fingerprint density at radius 3 is 2.71 bits per heavy atom. The highest BCUT2D eigenvalue weighted by molar-refractivity contribution is 5.63. The van der Waals surface area contributed by atoms with Crippen molar-refractivity contribution in [3.05, 3.63) is 41.7 Å². The maximum atomic E-state index is 4.35. The van der Waals surface area contributed by atoms with Crippen LogP contribution in [0.15, 0.2) is 46.7 Å². The Labute approximate surface area is 84.4 Å². The molecule has 0 spiro atoms. The molecule has 1 N–H and O–H groups in total. The van der Waals surface area contributed by atoms with Crippen molar-refractivity contribution in [1.29, 1.82) is 0 Å². The van der Waals surface area contributed by atoms with E-state index in [0.717, 1.165) is 24.4 Å². The predicted octanol–water partition coefficient (Wildman–Crippen LogP) is 3.19. The third-order valence-corrected chi connectivity index (χ3v) is 2.31. The first-order valence-corrected chi connectivity index (χ1v) is 4.90. The zero-order chi connectivity index (χ0) is 9.80. The van der Waals surface area contributed by atoms with Gasteiger partial charge in [-0.15, -0.1) is 0 Å². The van der Waals surface area contributed by atoms with Gasteiger partial charge in [-0.25, -0.2) is 4.99 Å². The molecular formula is C12H14N2. The molecule has 72 valence electrons. The van der Waals surface area contributed by atoms with Crippen LogP contribution in [-0.4, -0.2) is 6.21 Å². The zero-order valence-corrected chi connectivity index (χ0v) is 8.33. The first kappa shape index (κ1) is 9.00. The first-order valence-electron chi connectivity index (χ1n) is 4.90. The number of para-hydroxylation sites is 1. The lowest BCUT2D eigenvalue weighted by molar-refractivity contribution is 0.958. The van der Waals surface area contributed by atoms with Gasteiger partial charge >= 0.3 is 0 Å². The number of benzene rings is 1. The molecule has 0 bridgehead atoms. The Hall–Kier alpha value is -1.57. The van der Waals surface area contributed by atoms with E-state index in [1.165, 1.54) is 5.57 Å². The molecule has 2 heteroatoms.